The van der Waals surface area contributed by atoms with Gasteiger partial charge in [0.1, 0.15) is 5.75 Å². The van der Waals surface area contributed by atoms with Crippen LogP contribution in [0.1, 0.15) is 81.9 Å². The molecule has 0 spiro atoms. The van der Waals surface area contributed by atoms with Gasteiger partial charge in [0.25, 0.3) is 0 Å². The predicted octanol–water partition coefficient (Wildman–Crippen LogP) is 5.95. The molecule has 1 N–H and O–H groups in total. The standard InChI is InChI=1S/C19H32O/c1-4-6-8-10-12-17-14-15-19(20)16(3)18(17)13-11-9-7-5-2/h14-15,20H,4-13H2,1-3H3. The van der Waals surface area contributed by atoms with Gasteiger partial charge >= 0.3 is 0 Å². The summed E-state index contributed by atoms with van der Waals surface area (Å²) in [6.45, 7) is 6.57. The Morgan fingerprint density at radius 1 is 0.800 bits per heavy atom. The van der Waals surface area contributed by atoms with Gasteiger partial charge in [0.15, 0.2) is 0 Å². The Morgan fingerprint density at radius 2 is 1.40 bits per heavy atom. The molecule has 1 aromatic rings. The molecule has 0 bridgehead atoms. The largest absolute Gasteiger partial charge is 0.508 e. The number of phenols is 1. The molecule has 0 aliphatic carbocycles. The molecule has 0 radical (unpaired) electrons. The van der Waals surface area contributed by atoms with Crippen LogP contribution in [0.4, 0.5) is 0 Å². The van der Waals surface area contributed by atoms with E-state index >= 15 is 0 Å². The first-order chi connectivity index (χ1) is 9.70. The van der Waals surface area contributed by atoms with Crippen molar-refractivity contribution in [2.75, 3.05) is 0 Å². The van der Waals surface area contributed by atoms with Gasteiger partial charge in [-0.15, -0.1) is 0 Å². The minimum Gasteiger partial charge on any atom is -0.508 e. The maximum Gasteiger partial charge on any atom is 0.118 e. The first kappa shape index (κ1) is 17.1. The van der Waals surface area contributed by atoms with E-state index in [1.54, 1.807) is 0 Å². The second-order valence-corrected chi connectivity index (χ2v) is 5.97. The SMILES string of the molecule is CCCCCCc1ccc(O)c(C)c1CCCCCC. The van der Waals surface area contributed by atoms with Crippen LogP contribution in [0.2, 0.25) is 0 Å². The van der Waals surface area contributed by atoms with Crippen LogP contribution >= 0.6 is 0 Å². The maximum atomic E-state index is 9.94. The summed E-state index contributed by atoms with van der Waals surface area (Å²) >= 11 is 0. The van der Waals surface area contributed by atoms with Crippen LogP contribution in [0.25, 0.3) is 0 Å². The average Bonchev–Trinajstić information content (AvgIpc) is 2.45. The summed E-state index contributed by atoms with van der Waals surface area (Å²) in [6.07, 6.45) is 12.7. The smallest absolute Gasteiger partial charge is 0.118 e. The summed E-state index contributed by atoms with van der Waals surface area (Å²) in [5, 5.41) is 9.94. The van der Waals surface area contributed by atoms with E-state index in [9.17, 15) is 5.11 Å². The Labute approximate surface area is 125 Å². The Balaban J connectivity index is 2.64. The second kappa shape index (κ2) is 9.85. The molecule has 20 heavy (non-hydrogen) atoms. The van der Waals surface area contributed by atoms with E-state index in [2.05, 4.69) is 26.8 Å². The van der Waals surface area contributed by atoms with Gasteiger partial charge in [0.2, 0.25) is 0 Å². The highest BCUT2D eigenvalue weighted by atomic mass is 16.3. The van der Waals surface area contributed by atoms with E-state index in [4.69, 9.17) is 0 Å². The number of rotatable bonds is 10. The highest BCUT2D eigenvalue weighted by molar-refractivity contribution is 5.43. The number of hydrogen-bond donors (Lipinski definition) is 1. The van der Waals surface area contributed by atoms with E-state index < -0.39 is 0 Å². The molecule has 0 aliphatic heterocycles. The van der Waals surface area contributed by atoms with Gasteiger partial charge in [-0.2, -0.15) is 0 Å². The van der Waals surface area contributed by atoms with E-state index in [1.807, 2.05) is 6.07 Å². The highest BCUT2D eigenvalue weighted by Crippen LogP contribution is 2.27. The molecule has 0 heterocycles. The third kappa shape index (κ3) is 5.56. The molecule has 1 nitrogen and oxygen atoms in total. The summed E-state index contributed by atoms with van der Waals surface area (Å²) in [5.41, 5.74) is 3.99. The van der Waals surface area contributed by atoms with Crippen molar-refractivity contribution in [3.05, 3.63) is 28.8 Å². The van der Waals surface area contributed by atoms with Crippen molar-refractivity contribution in [2.24, 2.45) is 0 Å². The van der Waals surface area contributed by atoms with Gasteiger partial charge in [0.05, 0.1) is 0 Å². The van der Waals surface area contributed by atoms with E-state index in [0.717, 1.165) is 12.0 Å². The number of hydrogen-bond acceptors (Lipinski definition) is 1. The maximum absolute atomic E-state index is 9.94. The van der Waals surface area contributed by atoms with Crippen LogP contribution in [0.5, 0.6) is 5.75 Å². The van der Waals surface area contributed by atoms with Crippen molar-refractivity contribution in [1.29, 1.82) is 0 Å². The van der Waals surface area contributed by atoms with Crippen molar-refractivity contribution >= 4 is 0 Å². The number of aromatic hydroxyl groups is 1. The van der Waals surface area contributed by atoms with E-state index in [-0.39, 0.29) is 0 Å². The molecule has 114 valence electrons. The van der Waals surface area contributed by atoms with Crippen LogP contribution < -0.4 is 0 Å². The van der Waals surface area contributed by atoms with Crippen molar-refractivity contribution in [1.82, 2.24) is 0 Å². The summed E-state index contributed by atoms with van der Waals surface area (Å²) < 4.78 is 0. The quantitative estimate of drug-likeness (QED) is 0.524. The zero-order chi connectivity index (χ0) is 14.8. The minimum absolute atomic E-state index is 0.466. The molecule has 1 rings (SSSR count). The van der Waals surface area contributed by atoms with Gasteiger partial charge in [-0.1, -0.05) is 58.4 Å². The summed E-state index contributed by atoms with van der Waals surface area (Å²) in [7, 11) is 0. The summed E-state index contributed by atoms with van der Waals surface area (Å²) in [6, 6.07) is 4.02. The molecule has 0 aromatic heterocycles. The lowest BCUT2D eigenvalue weighted by Gasteiger charge is -2.14. The minimum atomic E-state index is 0.466. The lowest BCUT2D eigenvalue weighted by atomic mass is 9.92. The molecule has 0 atom stereocenters. The molecule has 0 fully saturated rings. The van der Waals surface area contributed by atoms with Crippen molar-refractivity contribution in [3.8, 4) is 5.75 Å². The Hall–Kier alpha value is -0.980. The first-order valence-electron chi connectivity index (χ1n) is 8.51. The van der Waals surface area contributed by atoms with Crippen molar-refractivity contribution in [3.63, 3.8) is 0 Å². The molecule has 0 saturated carbocycles. The normalized spacial score (nSPS) is 10.9. The number of phenolic OH excluding ortho intramolecular Hbond substituents is 1. The zero-order valence-corrected chi connectivity index (χ0v) is 13.7. The lowest BCUT2D eigenvalue weighted by Crippen LogP contribution is -1.99. The second-order valence-electron chi connectivity index (χ2n) is 5.97. The molecular formula is C19H32O. The van der Waals surface area contributed by atoms with Crippen LogP contribution in [-0.2, 0) is 12.8 Å². The van der Waals surface area contributed by atoms with Gasteiger partial charge in [-0.3, -0.25) is 0 Å². The molecule has 1 aromatic carbocycles. The van der Waals surface area contributed by atoms with E-state index in [0.29, 0.717) is 5.75 Å². The van der Waals surface area contributed by atoms with E-state index in [1.165, 1.54) is 68.9 Å². The lowest BCUT2D eigenvalue weighted by molar-refractivity contribution is 0.469. The van der Waals surface area contributed by atoms with Crippen LogP contribution in [0.15, 0.2) is 12.1 Å². The summed E-state index contributed by atoms with van der Waals surface area (Å²) in [4.78, 5) is 0. The molecule has 0 saturated heterocycles. The topological polar surface area (TPSA) is 20.2 Å². The highest BCUT2D eigenvalue weighted by Gasteiger charge is 2.09. The van der Waals surface area contributed by atoms with Crippen LogP contribution in [-0.4, -0.2) is 5.11 Å². The van der Waals surface area contributed by atoms with Crippen molar-refractivity contribution in [2.45, 2.75) is 85.0 Å². The molecular weight excluding hydrogens is 244 g/mol. The zero-order valence-electron chi connectivity index (χ0n) is 13.7. The van der Waals surface area contributed by atoms with Gasteiger partial charge < -0.3 is 5.11 Å². The number of aryl methyl sites for hydroxylation is 1. The molecule has 0 aliphatic rings. The Morgan fingerprint density at radius 3 is 2.00 bits per heavy atom. The fourth-order valence-corrected chi connectivity index (χ4v) is 2.85. The Bertz CT molecular complexity index is 382. The fraction of sp³-hybridized carbons (Fsp3) is 0.684. The number of benzene rings is 1. The van der Waals surface area contributed by atoms with Crippen LogP contribution in [0.3, 0.4) is 0 Å². The third-order valence-corrected chi connectivity index (χ3v) is 4.25. The Kier molecular flexibility index (Phi) is 8.41. The van der Waals surface area contributed by atoms with Gasteiger partial charge in [-0.05, 0) is 55.4 Å². The van der Waals surface area contributed by atoms with Gasteiger partial charge in [0, 0.05) is 0 Å². The third-order valence-electron chi connectivity index (χ3n) is 4.25. The van der Waals surface area contributed by atoms with Crippen LogP contribution in [0, 0.1) is 6.92 Å². The first-order valence-corrected chi connectivity index (χ1v) is 8.51. The average molecular weight is 276 g/mol. The molecule has 1 heteroatoms. The predicted molar refractivity (Wildman–Crippen MR) is 88.5 cm³/mol. The molecule has 0 unspecified atom stereocenters. The number of unbranched alkanes of at least 4 members (excludes halogenated alkanes) is 6. The molecule has 0 amide bonds. The summed E-state index contributed by atoms with van der Waals surface area (Å²) in [5.74, 6) is 0.466. The monoisotopic (exact) mass is 276 g/mol. The van der Waals surface area contributed by atoms with Crippen molar-refractivity contribution < 1.29 is 5.11 Å². The van der Waals surface area contributed by atoms with Gasteiger partial charge in [-0.25, -0.2) is 0 Å². The fourth-order valence-electron chi connectivity index (χ4n) is 2.85.